The van der Waals surface area contributed by atoms with Gasteiger partial charge in [-0.2, -0.15) is 10.3 Å². The normalized spacial score (nSPS) is 12.9. The second-order valence-electron chi connectivity index (χ2n) is 6.18. The zero-order chi connectivity index (χ0) is 18.8. The van der Waals surface area contributed by atoms with Crippen LogP contribution in [0.5, 0.6) is 0 Å². The molecule has 0 bridgehead atoms. The van der Waals surface area contributed by atoms with Crippen LogP contribution in [0.2, 0.25) is 0 Å². The molecule has 2 aromatic carbocycles. The number of amides is 2. The SMILES string of the molecule is Cc1cc(C#N)ccc1-c1ccc(F)c2c1CN(C(=O)N=C(N)N)CC2. The maximum absolute atomic E-state index is 14.3. The minimum absolute atomic E-state index is 0.220. The molecule has 0 atom stereocenters. The minimum Gasteiger partial charge on any atom is -0.370 e. The molecule has 26 heavy (non-hydrogen) atoms. The van der Waals surface area contributed by atoms with Crippen molar-refractivity contribution in [2.24, 2.45) is 16.5 Å². The molecule has 1 heterocycles. The highest BCUT2D eigenvalue weighted by molar-refractivity contribution is 5.90. The summed E-state index contributed by atoms with van der Waals surface area (Å²) in [4.78, 5) is 17.2. The highest BCUT2D eigenvalue weighted by atomic mass is 19.1. The molecule has 0 aliphatic carbocycles. The van der Waals surface area contributed by atoms with E-state index in [1.165, 1.54) is 11.0 Å². The Balaban J connectivity index is 2.07. The number of urea groups is 1. The largest absolute Gasteiger partial charge is 0.370 e. The lowest BCUT2D eigenvalue weighted by molar-refractivity contribution is 0.202. The highest BCUT2D eigenvalue weighted by Crippen LogP contribution is 2.34. The first-order valence-corrected chi connectivity index (χ1v) is 8.10. The lowest BCUT2D eigenvalue weighted by atomic mass is 9.88. The van der Waals surface area contributed by atoms with Gasteiger partial charge in [0.1, 0.15) is 5.82 Å². The Morgan fingerprint density at radius 2 is 1.96 bits per heavy atom. The van der Waals surface area contributed by atoms with E-state index in [0.717, 1.165) is 22.3 Å². The summed E-state index contributed by atoms with van der Waals surface area (Å²) in [5.41, 5.74) is 15.1. The third-order valence-electron chi connectivity index (χ3n) is 4.50. The number of rotatable bonds is 1. The number of aliphatic imine (C=N–C) groups is 1. The molecule has 6 nitrogen and oxygen atoms in total. The predicted octanol–water partition coefficient (Wildman–Crippen LogP) is 2.42. The van der Waals surface area contributed by atoms with E-state index < -0.39 is 6.03 Å². The van der Waals surface area contributed by atoms with Crippen molar-refractivity contribution in [2.45, 2.75) is 19.9 Å². The third kappa shape index (κ3) is 3.22. The molecule has 0 saturated carbocycles. The smallest absolute Gasteiger partial charge is 0.347 e. The van der Waals surface area contributed by atoms with Crippen LogP contribution in [0, 0.1) is 24.1 Å². The highest BCUT2D eigenvalue weighted by Gasteiger charge is 2.26. The van der Waals surface area contributed by atoms with Crippen LogP contribution in [0.4, 0.5) is 9.18 Å². The summed E-state index contributed by atoms with van der Waals surface area (Å²) in [7, 11) is 0. The van der Waals surface area contributed by atoms with Crippen molar-refractivity contribution in [1.29, 1.82) is 5.26 Å². The number of halogens is 1. The Kier molecular flexibility index (Phi) is 4.59. The Bertz CT molecular complexity index is 957. The molecule has 2 aromatic rings. The first-order chi connectivity index (χ1) is 12.4. The average molecular weight is 351 g/mol. The maximum Gasteiger partial charge on any atom is 0.347 e. The molecule has 0 aromatic heterocycles. The van der Waals surface area contributed by atoms with Crippen LogP contribution in [-0.4, -0.2) is 23.4 Å². The van der Waals surface area contributed by atoms with Crippen molar-refractivity contribution in [3.63, 3.8) is 0 Å². The zero-order valence-electron chi connectivity index (χ0n) is 14.3. The van der Waals surface area contributed by atoms with Gasteiger partial charge in [0.2, 0.25) is 0 Å². The number of carbonyl (C=O) groups excluding carboxylic acids is 1. The minimum atomic E-state index is -0.539. The summed E-state index contributed by atoms with van der Waals surface area (Å²) < 4.78 is 14.3. The van der Waals surface area contributed by atoms with Gasteiger partial charge in [0.15, 0.2) is 5.96 Å². The Morgan fingerprint density at radius 3 is 2.62 bits per heavy atom. The predicted molar refractivity (Wildman–Crippen MR) is 96.6 cm³/mol. The summed E-state index contributed by atoms with van der Waals surface area (Å²) >= 11 is 0. The average Bonchev–Trinajstić information content (AvgIpc) is 2.61. The van der Waals surface area contributed by atoms with Gasteiger partial charge in [-0.1, -0.05) is 12.1 Å². The Labute approximate surface area is 150 Å². The summed E-state index contributed by atoms with van der Waals surface area (Å²) in [6.45, 7) is 2.46. The molecule has 0 unspecified atom stereocenters. The van der Waals surface area contributed by atoms with Gasteiger partial charge < -0.3 is 16.4 Å². The molecule has 0 spiro atoms. The van der Waals surface area contributed by atoms with Gasteiger partial charge in [0.05, 0.1) is 11.6 Å². The summed E-state index contributed by atoms with van der Waals surface area (Å²) in [6.07, 6.45) is 0.385. The van der Waals surface area contributed by atoms with Crippen LogP contribution in [0.3, 0.4) is 0 Å². The maximum atomic E-state index is 14.3. The van der Waals surface area contributed by atoms with Crippen LogP contribution >= 0.6 is 0 Å². The molecule has 4 N–H and O–H groups in total. The molecule has 1 aliphatic rings. The molecule has 2 amide bonds. The number of carbonyl (C=O) groups is 1. The zero-order valence-corrected chi connectivity index (χ0v) is 14.3. The fourth-order valence-corrected chi connectivity index (χ4v) is 3.26. The van der Waals surface area contributed by atoms with E-state index in [1.54, 1.807) is 18.2 Å². The van der Waals surface area contributed by atoms with Gasteiger partial charge in [-0.3, -0.25) is 0 Å². The summed E-state index contributed by atoms with van der Waals surface area (Å²) in [5, 5.41) is 9.04. The topological polar surface area (TPSA) is 108 Å². The van der Waals surface area contributed by atoms with Crippen LogP contribution in [0.15, 0.2) is 35.3 Å². The van der Waals surface area contributed by atoms with E-state index in [4.69, 9.17) is 16.7 Å². The molecular weight excluding hydrogens is 333 g/mol. The molecule has 0 radical (unpaired) electrons. The number of guanidine groups is 1. The number of fused-ring (bicyclic) bond motifs is 1. The van der Waals surface area contributed by atoms with Gasteiger partial charge in [0, 0.05) is 13.1 Å². The number of nitrogens with two attached hydrogens (primary N) is 2. The van der Waals surface area contributed by atoms with E-state index in [1.807, 2.05) is 13.0 Å². The van der Waals surface area contributed by atoms with Crippen LogP contribution in [0.25, 0.3) is 11.1 Å². The number of hydrogen-bond donors (Lipinski definition) is 2. The monoisotopic (exact) mass is 351 g/mol. The van der Waals surface area contributed by atoms with E-state index in [2.05, 4.69) is 11.1 Å². The first kappa shape index (κ1) is 17.4. The van der Waals surface area contributed by atoms with Gasteiger partial charge in [-0.25, -0.2) is 9.18 Å². The Hall–Kier alpha value is -3.40. The molecule has 132 valence electrons. The van der Waals surface area contributed by atoms with Crippen LogP contribution in [0.1, 0.15) is 22.3 Å². The Morgan fingerprint density at radius 1 is 1.23 bits per heavy atom. The van der Waals surface area contributed by atoms with E-state index >= 15 is 0 Å². The van der Waals surface area contributed by atoms with Gasteiger partial charge in [-0.05, 0) is 59.4 Å². The van der Waals surface area contributed by atoms with Crippen molar-refractivity contribution < 1.29 is 9.18 Å². The lowest BCUT2D eigenvalue weighted by Gasteiger charge is -2.29. The molecule has 0 saturated heterocycles. The quantitative estimate of drug-likeness (QED) is 0.607. The second-order valence-corrected chi connectivity index (χ2v) is 6.18. The van der Waals surface area contributed by atoms with Crippen molar-refractivity contribution in [2.75, 3.05) is 6.54 Å². The standard InChI is InChI=1S/C19H18FN5O/c1-11-8-12(9-21)2-3-13(11)14-4-5-17(20)15-6-7-25(10-16(14)15)19(26)24-18(22)23/h2-5,8H,6-7,10H2,1H3,(H4,22,23,24,26). The van der Waals surface area contributed by atoms with Crippen LogP contribution < -0.4 is 11.5 Å². The van der Waals surface area contributed by atoms with Crippen molar-refractivity contribution in [3.05, 3.63) is 58.4 Å². The van der Waals surface area contributed by atoms with E-state index in [0.29, 0.717) is 24.1 Å². The third-order valence-corrected chi connectivity index (χ3v) is 4.50. The first-order valence-electron chi connectivity index (χ1n) is 8.10. The number of nitriles is 1. The summed E-state index contributed by atoms with van der Waals surface area (Å²) in [6, 6.07) is 10.1. The number of nitrogens with zero attached hydrogens (tertiary/aromatic N) is 3. The van der Waals surface area contributed by atoms with Crippen molar-refractivity contribution in [1.82, 2.24) is 4.90 Å². The van der Waals surface area contributed by atoms with E-state index in [9.17, 15) is 9.18 Å². The van der Waals surface area contributed by atoms with Crippen molar-refractivity contribution in [3.8, 4) is 17.2 Å². The second kappa shape index (κ2) is 6.84. The van der Waals surface area contributed by atoms with Gasteiger partial charge in [-0.15, -0.1) is 0 Å². The summed E-state index contributed by atoms with van der Waals surface area (Å²) in [5.74, 6) is -0.591. The molecular formula is C19H18FN5O. The number of benzene rings is 2. The molecule has 7 heteroatoms. The molecule has 3 rings (SSSR count). The lowest BCUT2D eigenvalue weighted by Crippen LogP contribution is -2.37. The van der Waals surface area contributed by atoms with Crippen molar-refractivity contribution >= 4 is 12.0 Å². The number of aryl methyl sites for hydroxylation is 1. The van der Waals surface area contributed by atoms with Crippen LogP contribution in [-0.2, 0) is 13.0 Å². The fourth-order valence-electron chi connectivity index (χ4n) is 3.26. The van der Waals surface area contributed by atoms with Gasteiger partial charge >= 0.3 is 6.03 Å². The van der Waals surface area contributed by atoms with E-state index in [-0.39, 0.29) is 18.3 Å². The molecule has 1 aliphatic heterocycles. The fraction of sp³-hybridized carbons (Fsp3) is 0.211. The van der Waals surface area contributed by atoms with Gasteiger partial charge in [0.25, 0.3) is 0 Å². The number of hydrogen-bond acceptors (Lipinski definition) is 2. The molecule has 0 fully saturated rings.